The third-order valence-electron chi connectivity index (χ3n) is 10.5. The van der Waals surface area contributed by atoms with Crippen LogP contribution in [0.3, 0.4) is 0 Å². The number of rotatable bonds is 45. The van der Waals surface area contributed by atoms with Gasteiger partial charge in [-0.05, 0) is 96.3 Å². The molecule has 1 unspecified atom stereocenters. The van der Waals surface area contributed by atoms with E-state index in [1.165, 1.54) is 89.9 Å². The van der Waals surface area contributed by atoms with E-state index in [1.54, 1.807) is 0 Å². The zero-order chi connectivity index (χ0) is 46.5. The maximum atomic E-state index is 12.8. The molecule has 64 heavy (non-hydrogen) atoms. The van der Waals surface area contributed by atoms with Gasteiger partial charge >= 0.3 is 17.9 Å². The summed E-state index contributed by atoms with van der Waals surface area (Å²) in [4.78, 5) is 37.9. The first-order valence-electron chi connectivity index (χ1n) is 25.9. The Bertz CT molecular complexity index is 1340. The van der Waals surface area contributed by atoms with Crippen LogP contribution in [0.4, 0.5) is 0 Å². The first-order valence-corrected chi connectivity index (χ1v) is 25.9. The monoisotopic (exact) mass is 887 g/mol. The van der Waals surface area contributed by atoms with Gasteiger partial charge in [0.05, 0.1) is 0 Å². The van der Waals surface area contributed by atoms with Gasteiger partial charge in [-0.2, -0.15) is 0 Å². The van der Waals surface area contributed by atoms with E-state index in [9.17, 15) is 14.4 Å². The van der Waals surface area contributed by atoms with Gasteiger partial charge in [0.2, 0.25) is 0 Å². The van der Waals surface area contributed by atoms with E-state index < -0.39 is 12.1 Å². The third kappa shape index (κ3) is 49.1. The van der Waals surface area contributed by atoms with Crippen LogP contribution in [-0.4, -0.2) is 37.2 Å². The van der Waals surface area contributed by atoms with Gasteiger partial charge in [0.1, 0.15) is 13.2 Å². The summed E-state index contributed by atoms with van der Waals surface area (Å²) >= 11 is 0. The standard InChI is InChI=1S/C58H94O6/c1-4-7-10-13-16-19-22-24-26-28-29-30-32-33-36-39-42-45-48-51-57(60)63-54-55(53-62-56(59)50-47-44-41-38-35-21-18-15-12-9-6-3)64-58(61)52-49-46-43-40-37-34-31-27-25-23-20-17-14-11-8-5-2/h8,11,15-22,24-25,27,34-35,37,43,46,55H,4-7,9-10,12-14,23,26,28-33,36,38-42,44-45,47-54H2,1-3H3/b11-8-,18-15-,19-16-,20-17-,24-22-,27-25-,35-21-,37-34-,46-43-. The van der Waals surface area contributed by atoms with E-state index in [0.717, 1.165) is 83.5 Å². The Morgan fingerprint density at radius 1 is 0.344 bits per heavy atom. The Kier molecular flexibility index (Phi) is 48.5. The molecule has 0 aromatic rings. The number of ether oxygens (including phenoxy) is 3. The van der Waals surface area contributed by atoms with Gasteiger partial charge in [0.15, 0.2) is 6.10 Å². The lowest BCUT2D eigenvalue weighted by Gasteiger charge is -2.18. The first-order chi connectivity index (χ1) is 31.5. The van der Waals surface area contributed by atoms with Crippen LogP contribution in [-0.2, 0) is 28.6 Å². The molecule has 0 heterocycles. The molecule has 0 aromatic heterocycles. The molecule has 0 amide bonds. The molecule has 0 radical (unpaired) electrons. The summed E-state index contributed by atoms with van der Waals surface area (Å²) in [7, 11) is 0. The highest BCUT2D eigenvalue weighted by Gasteiger charge is 2.19. The van der Waals surface area contributed by atoms with Gasteiger partial charge in [0.25, 0.3) is 0 Å². The Morgan fingerprint density at radius 3 is 1.14 bits per heavy atom. The number of carbonyl (C=O) groups is 3. The van der Waals surface area contributed by atoms with Crippen molar-refractivity contribution in [3.63, 3.8) is 0 Å². The van der Waals surface area contributed by atoms with Crippen LogP contribution in [0.2, 0.25) is 0 Å². The van der Waals surface area contributed by atoms with Crippen molar-refractivity contribution in [3.8, 4) is 0 Å². The van der Waals surface area contributed by atoms with Crippen LogP contribution in [0.15, 0.2) is 109 Å². The summed E-state index contributed by atoms with van der Waals surface area (Å²) < 4.78 is 16.7. The number of esters is 3. The fourth-order valence-corrected chi connectivity index (χ4v) is 6.63. The largest absolute Gasteiger partial charge is 0.462 e. The van der Waals surface area contributed by atoms with E-state index in [2.05, 4.69) is 118 Å². The molecule has 0 saturated carbocycles. The van der Waals surface area contributed by atoms with E-state index in [0.29, 0.717) is 19.3 Å². The normalized spacial score (nSPS) is 13.0. The lowest BCUT2D eigenvalue weighted by atomic mass is 10.1. The molecule has 0 saturated heterocycles. The Labute approximate surface area is 393 Å². The quantitative estimate of drug-likeness (QED) is 0.0199. The fourth-order valence-electron chi connectivity index (χ4n) is 6.63. The van der Waals surface area contributed by atoms with Crippen LogP contribution < -0.4 is 0 Å². The van der Waals surface area contributed by atoms with Gasteiger partial charge in [0, 0.05) is 19.3 Å². The predicted octanol–water partition coefficient (Wildman–Crippen LogP) is 17.1. The number of allylic oxidation sites excluding steroid dienone is 18. The second-order valence-electron chi connectivity index (χ2n) is 16.7. The number of hydrogen-bond donors (Lipinski definition) is 0. The third-order valence-corrected chi connectivity index (χ3v) is 10.5. The van der Waals surface area contributed by atoms with E-state index in [4.69, 9.17) is 14.2 Å². The minimum Gasteiger partial charge on any atom is -0.462 e. The van der Waals surface area contributed by atoms with Crippen molar-refractivity contribution in [2.45, 2.75) is 226 Å². The molecule has 6 heteroatoms. The topological polar surface area (TPSA) is 78.9 Å². The highest BCUT2D eigenvalue weighted by atomic mass is 16.6. The van der Waals surface area contributed by atoms with Crippen LogP contribution in [0, 0.1) is 0 Å². The Hall–Kier alpha value is -3.93. The molecule has 0 bridgehead atoms. The molecule has 0 aromatic carbocycles. The molecule has 0 N–H and O–H groups in total. The minimum absolute atomic E-state index is 0.120. The van der Waals surface area contributed by atoms with Gasteiger partial charge in [-0.1, -0.05) is 214 Å². The first kappa shape index (κ1) is 60.1. The van der Waals surface area contributed by atoms with Crippen molar-refractivity contribution < 1.29 is 28.6 Å². The van der Waals surface area contributed by atoms with Crippen LogP contribution in [0.25, 0.3) is 0 Å². The molecule has 0 aliphatic heterocycles. The second kappa shape index (κ2) is 51.7. The molecule has 362 valence electrons. The summed E-state index contributed by atoms with van der Waals surface area (Å²) in [5.74, 6) is -1.04. The lowest BCUT2D eigenvalue weighted by Crippen LogP contribution is -2.30. The van der Waals surface area contributed by atoms with E-state index in [1.807, 2.05) is 12.2 Å². The SMILES string of the molecule is CC/C=C\C/C=C\C/C=C\C/C=C\C/C=C\CCC(=O)OC(COC(=O)CCCCC/C=C\C=C/CCCC)COC(=O)CCCCCCCCCCCC/C=C\C=C/CCCCC. The number of carbonyl (C=O) groups excluding carboxylic acids is 3. The maximum absolute atomic E-state index is 12.8. The molecule has 6 nitrogen and oxygen atoms in total. The Morgan fingerprint density at radius 2 is 0.703 bits per heavy atom. The van der Waals surface area contributed by atoms with Crippen molar-refractivity contribution in [1.29, 1.82) is 0 Å². The van der Waals surface area contributed by atoms with Gasteiger partial charge < -0.3 is 14.2 Å². The van der Waals surface area contributed by atoms with Crippen molar-refractivity contribution in [2.75, 3.05) is 13.2 Å². The smallest absolute Gasteiger partial charge is 0.306 e. The van der Waals surface area contributed by atoms with Crippen LogP contribution in [0.1, 0.15) is 220 Å². The van der Waals surface area contributed by atoms with Gasteiger partial charge in [-0.3, -0.25) is 14.4 Å². The van der Waals surface area contributed by atoms with Crippen LogP contribution in [0.5, 0.6) is 0 Å². The summed E-state index contributed by atoms with van der Waals surface area (Å²) in [5.41, 5.74) is 0. The molecule has 0 spiro atoms. The van der Waals surface area contributed by atoms with Gasteiger partial charge in [-0.25, -0.2) is 0 Å². The molecular formula is C58H94O6. The highest BCUT2D eigenvalue weighted by Crippen LogP contribution is 2.13. The van der Waals surface area contributed by atoms with E-state index >= 15 is 0 Å². The number of unbranched alkanes of at least 4 members (excludes halogenated alkanes) is 18. The number of hydrogen-bond acceptors (Lipinski definition) is 6. The molecular weight excluding hydrogens is 793 g/mol. The zero-order valence-electron chi connectivity index (χ0n) is 41.3. The van der Waals surface area contributed by atoms with Crippen molar-refractivity contribution in [2.24, 2.45) is 0 Å². The van der Waals surface area contributed by atoms with Gasteiger partial charge in [-0.15, -0.1) is 0 Å². The maximum Gasteiger partial charge on any atom is 0.306 e. The highest BCUT2D eigenvalue weighted by molar-refractivity contribution is 5.71. The zero-order valence-corrected chi connectivity index (χ0v) is 41.3. The summed E-state index contributed by atoms with van der Waals surface area (Å²) in [5, 5.41) is 0. The molecule has 0 aliphatic rings. The van der Waals surface area contributed by atoms with Crippen molar-refractivity contribution in [3.05, 3.63) is 109 Å². The molecule has 0 fully saturated rings. The summed E-state index contributed by atoms with van der Waals surface area (Å²) in [6, 6.07) is 0. The van der Waals surface area contributed by atoms with Crippen LogP contribution >= 0.6 is 0 Å². The van der Waals surface area contributed by atoms with Crippen molar-refractivity contribution >= 4 is 17.9 Å². The predicted molar refractivity (Wildman–Crippen MR) is 274 cm³/mol. The lowest BCUT2D eigenvalue weighted by molar-refractivity contribution is -0.166. The second-order valence-corrected chi connectivity index (χ2v) is 16.7. The minimum atomic E-state index is -0.831. The summed E-state index contributed by atoms with van der Waals surface area (Å²) in [6.07, 6.45) is 69.4. The average Bonchev–Trinajstić information content (AvgIpc) is 3.29. The summed E-state index contributed by atoms with van der Waals surface area (Å²) in [6.45, 7) is 6.34. The molecule has 0 aliphatic carbocycles. The Balaban J connectivity index is 4.49. The molecule has 1 atom stereocenters. The van der Waals surface area contributed by atoms with Crippen molar-refractivity contribution in [1.82, 2.24) is 0 Å². The molecule has 0 rings (SSSR count). The average molecular weight is 887 g/mol. The fraction of sp³-hybridized carbons (Fsp3) is 0.638. The van der Waals surface area contributed by atoms with E-state index in [-0.39, 0.29) is 31.6 Å².